The molecule has 2 aromatic carbocycles. The van der Waals surface area contributed by atoms with Crippen LogP contribution in [-0.2, 0) is 0 Å². The van der Waals surface area contributed by atoms with Gasteiger partial charge in [0.15, 0.2) is 0 Å². The molecule has 148 valence electrons. The smallest absolute Gasteiger partial charge is 0.218 e. The molecule has 5 nitrogen and oxygen atoms in total. The van der Waals surface area contributed by atoms with E-state index in [1.165, 1.54) is 0 Å². The largest absolute Gasteiger partial charge is 0.442 e. The van der Waals surface area contributed by atoms with Crippen molar-refractivity contribution in [1.29, 1.82) is 5.26 Å². The summed E-state index contributed by atoms with van der Waals surface area (Å²) >= 11 is 7.58. The number of aliphatic imine (C=N–C) groups is 1. The summed E-state index contributed by atoms with van der Waals surface area (Å²) in [6.07, 6.45) is 1.77. The minimum absolute atomic E-state index is 0.407. The molecule has 0 saturated carbocycles. The lowest BCUT2D eigenvalue weighted by molar-refractivity contribution is 0.495. The van der Waals surface area contributed by atoms with Crippen LogP contribution in [0.1, 0.15) is 23.6 Å². The van der Waals surface area contributed by atoms with Crippen LogP contribution in [-0.4, -0.2) is 29.2 Å². The lowest BCUT2D eigenvalue weighted by atomic mass is 10.0. The third kappa shape index (κ3) is 4.58. The number of aromatic nitrogens is 1. The van der Waals surface area contributed by atoms with Gasteiger partial charge in [0, 0.05) is 30.7 Å². The lowest BCUT2D eigenvalue weighted by Gasteiger charge is -2.11. The third-order valence-electron chi connectivity index (χ3n) is 4.52. The van der Waals surface area contributed by atoms with Gasteiger partial charge < -0.3 is 9.64 Å². The second-order valence-corrected chi connectivity index (χ2v) is 7.75. The summed E-state index contributed by atoms with van der Waals surface area (Å²) in [5.41, 5.74) is 4.70. The van der Waals surface area contributed by atoms with E-state index in [0.29, 0.717) is 27.1 Å². The van der Waals surface area contributed by atoms with Crippen molar-refractivity contribution in [2.24, 2.45) is 4.99 Å². The van der Waals surface area contributed by atoms with Crippen LogP contribution in [0, 0.1) is 25.2 Å². The van der Waals surface area contributed by atoms with Crippen LogP contribution in [0.25, 0.3) is 11.3 Å². The highest BCUT2D eigenvalue weighted by atomic mass is 35.5. The van der Waals surface area contributed by atoms with Gasteiger partial charge in [-0.05, 0) is 44.0 Å². The molecule has 0 unspecified atom stereocenters. The van der Waals surface area contributed by atoms with E-state index in [9.17, 15) is 5.26 Å². The Kier molecular flexibility index (Phi) is 6.53. The molecule has 7 heteroatoms. The number of rotatable bonds is 6. The Morgan fingerprint density at radius 3 is 2.72 bits per heavy atom. The van der Waals surface area contributed by atoms with E-state index >= 15 is 0 Å². The van der Waals surface area contributed by atoms with Crippen LogP contribution in [0.2, 0.25) is 5.02 Å². The highest BCUT2D eigenvalue weighted by Crippen LogP contribution is 2.41. The molecule has 0 amide bonds. The molecule has 1 heterocycles. The van der Waals surface area contributed by atoms with Gasteiger partial charge in [-0.2, -0.15) is 9.64 Å². The van der Waals surface area contributed by atoms with E-state index in [0.717, 1.165) is 40.5 Å². The van der Waals surface area contributed by atoms with Crippen molar-refractivity contribution >= 4 is 35.2 Å². The van der Waals surface area contributed by atoms with Crippen molar-refractivity contribution in [2.45, 2.75) is 20.8 Å². The van der Waals surface area contributed by atoms with E-state index in [2.05, 4.69) is 22.4 Å². The zero-order chi connectivity index (χ0) is 21.0. The Bertz CT molecular complexity index is 1100. The highest BCUT2D eigenvalue weighted by Gasteiger charge is 2.19. The maximum absolute atomic E-state index is 9.71. The Hall–Kier alpha value is -2.88. The predicted molar refractivity (Wildman–Crippen MR) is 120 cm³/mol. The van der Waals surface area contributed by atoms with Gasteiger partial charge in [0.2, 0.25) is 5.06 Å². The van der Waals surface area contributed by atoms with E-state index in [1.807, 2.05) is 56.1 Å². The first-order valence-electron chi connectivity index (χ1n) is 9.12. The zero-order valence-electron chi connectivity index (χ0n) is 16.7. The van der Waals surface area contributed by atoms with Crippen molar-refractivity contribution in [3.05, 3.63) is 58.1 Å². The molecule has 0 aliphatic carbocycles. The fourth-order valence-corrected chi connectivity index (χ4v) is 3.59. The quantitative estimate of drug-likeness (QED) is 0.341. The van der Waals surface area contributed by atoms with Crippen molar-refractivity contribution < 1.29 is 4.74 Å². The predicted octanol–water partition coefficient (Wildman–Crippen LogP) is 6.36. The Labute approximate surface area is 180 Å². The van der Waals surface area contributed by atoms with Gasteiger partial charge in [-0.15, -0.1) is 0 Å². The van der Waals surface area contributed by atoms with E-state index < -0.39 is 0 Å². The van der Waals surface area contributed by atoms with Crippen LogP contribution in [0.3, 0.4) is 0 Å². The fraction of sp³-hybridized carbons (Fsp3) is 0.227. The van der Waals surface area contributed by atoms with Crippen LogP contribution in [0.4, 0.5) is 5.69 Å². The Morgan fingerprint density at radius 1 is 1.28 bits per heavy atom. The standard InChI is InChI=1S/C22H21ClN4OS/c1-5-27(4)13-25-19-11-18(23)20(10-15(19)3)28-22-17(12-24)21(26-29-22)16-9-7-6-8-14(16)2/h6-11,13H,5H2,1-4H3. The van der Waals surface area contributed by atoms with Crippen molar-refractivity contribution in [3.8, 4) is 28.1 Å². The lowest BCUT2D eigenvalue weighted by Crippen LogP contribution is -2.14. The molecule has 0 fully saturated rings. The number of aryl methyl sites for hydroxylation is 2. The molecule has 0 radical (unpaired) electrons. The normalized spacial score (nSPS) is 10.9. The molecular formula is C22H21ClN4OS. The Balaban J connectivity index is 1.93. The number of hydrogen-bond acceptors (Lipinski definition) is 5. The molecule has 0 bridgehead atoms. The summed E-state index contributed by atoms with van der Waals surface area (Å²) in [6, 6.07) is 13.6. The molecule has 0 aliphatic rings. The highest BCUT2D eigenvalue weighted by molar-refractivity contribution is 7.08. The maximum atomic E-state index is 9.71. The summed E-state index contributed by atoms with van der Waals surface area (Å²) in [5.74, 6) is 0.475. The van der Waals surface area contributed by atoms with Crippen molar-refractivity contribution in [1.82, 2.24) is 9.27 Å². The molecular weight excluding hydrogens is 404 g/mol. The number of ether oxygens (including phenoxy) is 1. The average molecular weight is 425 g/mol. The number of halogens is 1. The summed E-state index contributed by atoms with van der Waals surface area (Å²) in [5, 5.41) is 10.6. The first-order chi connectivity index (χ1) is 13.9. The first kappa shape index (κ1) is 20.8. The maximum Gasteiger partial charge on any atom is 0.218 e. The molecule has 0 saturated heterocycles. The zero-order valence-corrected chi connectivity index (χ0v) is 18.3. The second-order valence-electron chi connectivity index (χ2n) is 6.61. The van der Waals surface area contributed by atoms with E-state index in [1.54, 1.807) is 12.4 Å². The topological polar surface area (TPSA) is 61.5 Å². The fourth-order valence-electron chi connectivity index (χ4n) is 2.67. The van der Waals surface area contributed by atoms with E-state index in [-0.39, 0.29) is 0 Å². The van der Waals surface area contributed by atoms with Crippen LogP contribution in [0.15, 0.2) is 41.4 Å². The molecule has 3 rings (SSSR count). The average Bonchev–Trinajstić information content (AvgIpc) is 3.11. The van der Waals surface area contributed by atoms with Crippen LogP contribution in [0.5, 0.6) is 10.8 Å². The van der Waals surface area contributed by atoms with Crippen LogP contribution < -0.4 is 4.74 Å². The minimum atomic E-state index is 0.407. The molecule has 0 spiro atoms. The molecule has 0 N–H and O–H groups in total. The van der Waals surface area contributed by atoms with Gasteiger partial charge in [-0.1, -0.05) is 35.9 Å². The summed E-state index contributed by atoms with van der Waals surface area (Å²) in [6.45, 7) is 6.85. The van der Waals surface area contributed by atoms with Gasteiger partial charge in [-0.3, -0.25) is 0 Å². The van der Waals surface area contributed by atoms with Gasteiger partial charge >= 0.3 is 0 Å². The minimum Gasteiger partial charge on any atom is -0.442 e. The summed E-state index contributed by atoms with van der Waals surface area (Å²) in [7, 11) is 1.96. The monoisotopic (exact) mass is 424 g/mol. The Morgan fingerprint density at radius 2 is 2.03 bits per heavy atom. The third-order valence-corrected chi connectivity index (χ3v) is 5.54. The number of benzene rings is 2. The van der Waals surface area contributed by atoms with E-state index in [4.69, 9.17) is 16.3 Å². The van der Waals surface area contributed by atoms with Gasteiger partial charge in [0.25, 0.3) is 0 Å². The summed E-state index contributed by atoms with van der Waals surface area (Å²) < 4.78 is 10.5. The van der Waals surface area contributed by atoms with Crippen LogP contribution >= 0.6 is 23.1 Å². The molecule has 3 aromatic rings. The molecule has 0 aliphatic heterocycles. The summed E-state index contributed by atoms with van der Waals surface area (Å²) in [4.78, 5) is 6.45. The van der Waals surface area contributed by atoms with Gasteiger partial charge in [0.05, 0.1) is 17.0 Å². The number of nitrogens with zero attached hydrogens (tertiary/aromatic N) is 4. The van der Waals surface area contributed by atoms with Gasteiger partial charge in [0.1, 0.15) is 23.1 Å². The van der Waals surface area contributed by atoms with Crippen molar-refractivity contribution in [2.75, 3.05) is 13.6 Å². The van der Waals surface area contributed by atoms with Crippen molar-refractivity contribution in [3.63, 3.8) is 0 Å². The number of hydrogen-bond donors (Lipinski definition) is 0. The SMILES string of the molecule is CCN(C)C=Nc1cc(Cl)c(Oc2snc(-c3ccccc3C)c2C#N)cc1C. The molecule has 0 atom stereocenters. The first-order valence-corrected chi connectivity index (χ1v) is 10.3. The molecule has 1 aromatic heterocycles. The molecule has 29 heavy (non-hydrogen) atoms. The second kappa shape index (κ2) is 9.08. The number of nitriles is 1. The van der Waals surface area contributed by atoms with Gasteiger partial charge in [-0.25, -0.2) is 4.99 Å².